The van der Waals surface area contributed by atoms with E-state index in [0.717, 1.165) is 22.7 Å². The summed E-state index contributed by atoms with van der Waals surface area (Å²) in [4.78, 5) is 2.45. The standard InChI is InChI=1S/C46H30N2S/c1-3-12-31(13-4-1)32-22-26-35(27-23-32)47(36-28-24-33-25-29-44-45(40(33)30-36)39-17-8-10-21-43(39)49-44)42-20-11-18-38-37-16-7-9-19-41(37)48(46(38)42)34-14-5-2-6-15-34/h1-30H. The van der Waals surface area contributed by atoms with E-state index in [-0.39, 0.29) is 0 Å². The van der Waals surface area contributed by atoms with Crippen LogP contribution in [0.4, 0.5) is 17.1 Å². The normalized spacial score (nSPS) is 11.7. The van der Waals surface area contributed by atoms with Crippen LogP contribution in [0, 0.1) is 0 Å². The molecule has 0 atom stereocenters. The number of fused-ring (bicyclic) bond motifs is 8. The molecular formula is C46H30N2S. The van der Waals surface area contributed by atoms with E-state index in [2.05, 4.69) is 191 Å². The Hall–Kier alpha value is -6.16. The Bertz CT molecular complexity index is 2810. The van der Waals surface area contributed by atoms with Gasteiger partial charge in [0, 0.05) is 48.0 Å². The largest absolute Gasteiger partial charge is 0.308 e. The predicted molar refractivity (Wildman–Crippen MR) is 211 cm³/mol. The molecule has 0 spiro atoms. The van der Waals surface area contributed by atoms with E-state index in [4.69, 9.17) is 0 Å². The van der Waals surface area contributed by atoms with E-state index in [1.807, 2.05) is 11.3 Å². The van der Waals surface area contributed by atoms with Gasteiger partial charge >= 0.3 is 0 Å². The summed E-state index contributed by atoms with van der Waals surface area (Å²) in [5.41, 5.74) is 9.30. The highest BCUT2D eigenvalue weighted by atomic mass is 32.1. The molecule has 10 rings (SSSR count). The minimum Gasteiger partial charge on any atom is -0.308 e. The summed E-state index contributed by atoms with van der Waals surface area (Å²) in [5, 5.41) is 7.64. The van der Waals surface area contributed by atoms with Gasteiger partial charge < -0.3 is 9.47 Å². The van der Waals surface area contributed by atoms with Gasteiger partial charge in [-0.2, -0.15) is 0 Å². The van der Waals surface area contributed by atoms with Crippen LogP contribution in [0.5, 0.6) is 0 Å². The predicted octanol–water partition coefficient (Wildman–Crippen LogP) is 13.4. The molecule has 8 aromatic carbocycles. The van der Waals surface area contributed by atoms with Crippen LogP contribution in [-0.2, 0) is 0 Å². The molecule has 49 heavy (non-hydrogen) atoms. The van der Waals surface area contributed by atoms with Crippen molar-refractivity contribution >= 4 is 81.1 Å². The van der Waals surface area contributed by atoms with Crippen molar-refractivity contribution in [2.45, 2.75) is 0 Å². The molecule has 0 aliphatic carbocycles. The average Bonchev–Trinajstić information content (AvgIpc) is 3.73. The topological polar surface area (TPSA) is 8.17 Å². The van der Waals surface area contributed by atoms with Crippen molar-refractivity contribution in [1.29, 1.82) is 0 Å². The number of hydrogen-bond donors (Lipinski definition) is 0. The highest BCUT2D eigenvalue weighted by Gasteiger charge is 2.22. The number of benzene rings is 8. The lowest BCUT2D eigenvalue weighted by molar-refractivity contribution is 1.17. The quantitative estimate of drug-likeness (QED) is 0.181. The molecule has 2 nitrogen and oxygen atoms in total. The number of para-hydroxylation sites is 3. The second kappa shape index (κ2) is 11.2. The molecule has 10 aromatic rings. The van der Waals surface area contributed by atoms with E-state index >= 15 is 0 Å². The molecule has 0 bridgehead atoms. The Balaban J connectivity index is 1.28. The maximum absolute atomic E-state index is 2.45. The van der Waals surface area contributed by atoms with Crippen molar-refractivity contribution in [3.63, 3.8) is 0 Å². The zero-order valence-corrected chi connectivity index (χ0v) is 27.4. The van der Waals surface area contributed by atoms with Gasteiger partial charge in [-0.15, -0.1) is 11.3 Å². The first-order valence-corrected chi connectivity index (χ1v) is 17.5. The third-order valence-electron chi connectivity index (χ3n) is 9.76. The first-order chi connectivity index (χ1) is 24.3. The zero-order chi connectivity index (χ0) is 32.3. The van der Waals surface area contributed by atoms with E-state index in [1.165, 1.54) is 63.9 Å². The van der Waals surface area contributed by atoms with Gasteiger partial charge in [0.1, 0.15) is 0 Å². The van der Waals surface area contributed by atoms with Crippen molar-refractivity contribution in [3.05, 3.63) is 182 Å². The lowest BCUT2D eigenvalue weighted by Gasteiger charge is -2.27. The van der Waals surface area contributed by atoms with Crippen LogP contribution >= 0.6 is 11.3 Å². The summed E-state index contributed by atoms with van der Waals surface area (Å²) < 4.78 is 5.06. The number of anilines is 3. The number of aromatic nitrogens is 1. The molecule has 0 saturated carbocycles. The summed E-state index contributed by atoms with van der Waals surface area (Å²) in [7, 11) is 0. The van der Waals surface area contributed by atoms with Gasteiger partial charge in [-0.25, -0.2) is 0 Å². The van der Waals surface area contributed by atoms with E-state index in [1.54, 1.807) is 0 Å². The molecule has 0 amide bonds. The van der Waals surface area contributed by atoms with Crippen molar-refractivity contribution in [2.24, 2.45) is 0 Å². The van der Waals surface area contributed by atoms with E-state index in [9.17, 15) is 0 Å². The Morgan fingerprint density at radius 2 is 1.08 bits per heavy atom. The molecule has 0 saturated heterocycles. The third kappa shape index (κ3) is 4.47. The summed E-state index contributed by atoms with van der Waals surface area (Å²) in [6.45, 7) is 0. The lowest BCUT2D eigenvalue weighted by atomic mass is 10.0. The second-order valence-corrected chi connectivity index (χ2v) is 13.6. The minimum absolute atomic E-state index is 1.11. The van der Waals surface area contributed by atoms with Gasteiger partial charge in [-0.1, -0.05) is 121 Å². The summed E-state index contributed by atoms with van der Waals surface area (Å²) in [5.74, 6) is 0. The van der Waals surface area contributed by atoms with Crippen LogP contribution in [0.25, 0.3) is 69.6 Å². The first-order valence-electron chi connectivity index (χ1n) is 16.7. The van der Waals surface area contributed by atoms with Gasteiger partial charge in [-0.05, 0) is 82.6 Å². The molecule has 0 N–H and O–H groups in total. The number of thiophene rings is 1. The maximum Gasteiger partial charge on any atom is 0.0782 e. The maximum atomic E-state index is 2.45. The fraction of sp³-hybridized carbons (Fsp3) is 0. The molecular weight excluding hydrogens is 613 g/mol. The number of hydrogen-bond acceptors (Lipinski definition) is 2. The fourth-order valence-electron chi connectivity index (χ4n) is 7.56. The van der Waals surface area contributed by atoms with Crippen LogP contribution in [0.1, 0.15) is 0 Å². The Morgan fingerprint density at radius 3 is 1.92 bits per heavy atom. The van der Waals surface area contributed by atoms with Crippen molar-refractivity contribution < 1.29 is 0 Å². The highest BCUT2D eigenvalue weighted by Crippen LogP contribution is 2.46. The molecule has 0 aliphatic heterocycles. The smallest absolute Gasteiger partial charge is 0.0782 e. The Kier molecular flexibility index (Phi) is 6.39. The second-order valence-electron chi connectivity index (χ2n) is 12.6. The van der Waals surface area contributed by atoms with Crippen molar-refractivity contribution in [1.82, 2.24) is 4.57 Å². The van der Waals surface area contributed by atoms with Crippen LogP contribution in [0.2, 0.25) is 0 Å². The molecule has 2 aromatic heterocycles. The van der Waals surface area contributed by atoms with Crippen LogP contribution < -0.4 is 4.90 Å². The third-order valence-corrected chi connectivity index (χ3v) is 10.9. The molecule has 3 heteroatoms. The molecule has 0 radical (unpaired) electrons. The Labute approximate surface area is 288 Å². The highest BCUT2D eigenvalue weighted by molar-refractivity contribution is 7.26. The lowest BCUT2D eigenvalue weighted by Crippen LogP contribution is -2.11. The molecule has 0 unspecified atom stereocenters. The molecule has 0 fully saturated rings. The molecule has 230 valence electrons. The van der Waals surface area contributed by atoms with Crippen LogP contribution in [0.3, 0.4) is 0 Å². The fourth-order valence-corrected chi connectivity index (χ4v) is 8.68. The minimum atomic E-state index is 1.11. The van der Waals surface area contributed by atoms with Gasteiger partial charge in [0.05, 0.1) is 16.7 Å². The molecule has 2 heterocycles. The Morgan fingerprint density at radius 1 is 0.429 bits per heavy atom. The van der Waals surface area contributed by atoms with Crippen molar-refractivity contribution in [2.75, 3.05) is 4.90 Å². The summed E-state index contributed by atoms with van der Waals surface area (Å²) >= 11 is 1.87. The summed E-state index contributed by atoms with van der Waals surface area (Å²) in [6, 6.07) is 66.2. The van der Waals surface area contributed by atoms with Gasteiger partial charge in [0.2, 0.25) is 0 Å². The number of nitrogens with zero attached hydrogens (tertiary/aromatic N) is 2. The van der Waals surface area contributed by atoms with Crippen LogP contribution in [0.15, 0.2) is 182 Å². The average molecular weight is 643 g/mol. The first kappa shape index (κ1) is 27.9. The zero-order valence-electron chi connectivity index (χ0n) is 26.6. The SMILES string of the molecule is c1ccc(-c2ccc(N(c3ccc4ccc5sc6ccccc6c5c4c3)c3cccc4c5ccccc5n(-c5ccccc5)c34)cc2)cc1. The molecule has 0 aliphatic rings. The van der Waals surface area contributed by atoms with E-state index < -0.39 is 0 Å². The van der Waals surface area contributed by atoms with Gasteiger partial charge in [0.15, 0.2) is 0 Å². The van der Waals surface area contributed by atoms with Crippen molar-refractivity contribution in [3.8, 4) is 16.8 Å². The number of rotatable bonds is 5. The monoisotopic (exact) mass is 642 g/mol. The van der Waals surface area contributed by atoms with Gasteiger partial charge in [-0.3, -0.25) is 0 Å². The van der Waals surface area contributed by atoms with Crippen LogP contribution in [-0.4, -0.2) is 4.57 Å². The van der Waals surface area contributed by atoms with Gasteiger partial charge in [0.25, 0.3) is 0 Å². The van der Waals surface area contributed by atoms with E-state index in [0.29, 0.717) is 0 Å². The summed E-state index contributed by atoms with van der Waals surface area (Å²) in [6.07, 6.45) is 0.